The van der Waals surface area contributed by atoms with Crippen molar-refractivity contribution in [2.45, 2.75) is 39.7 Å². The van der Waals surface area contributed by atoms with Crippen molar-refractivity contribution in [3.05, 3.63) is 59.7 Å². The minimum atomic E-state index is -0.224. The molecule has 1 aliphatic heterocycles. The molecule has 2 aromatic carbocycles. The second-order valence-electron chi connectivity index (χ2n) is 7.65. The van der Waals surface area contributed by atoms with E-state index in [1.165, 1.54) is 0 Å². The minimum Gasteiger partial charge on any atom is -0.338 e. The Morgan fingerprint density at radius 2 is 1.76 bits per heavy atom. The summed E-state index contributed by atoms with van der Waals surface area (Å²) in [4.78, 5) is 38.2. The van der Waals surface area contributed by atoms with Gasteiger partial charge in [-0.3, -0.25) is 14.4 Å². The lowest BCUT2D eigenvalue weighted by molar-refractivity contribution is -0.133. The number of nitrogens with one attached hydrogen (secondary N) is 2. The molecule has 3 rings (SSSR count). The summed E-state index contributed by atoms with van der Waals surface area (Å²) in [5, 5.41) is 5.70. The molecule has 1 aliphatic rings. The molecule has 0 radical (unpaired) electrons. The molecule has 1 fully saturated rings. The van der Waals surface area contributed by atoms with E-state index in [1.807, 2.05) is 43.0 Å². The summed E-state index contributed by atoms with van der Waals surface area (Å²) < 4.78 is 0. The largest absolute Gasteiger partial charge is 0.338 e. The van der Waals surface area contributed by atoms with Crippen molar-refractivity contribution in [1.29, 1.82) is 0 Å². The molecular weight excluding hydrogens is 366 g/mol. The molecule has 3 amide bonds. The van der Waals surface area contributed by atoms with Gasteiger partial charge in [-0.1, -0.05) is 26.0 Å². The maximum Gasteiger partial charge on any atom is 0.255 e. The summed E-state index contributed by atoms with van der Waals surface area (Å²) in [6, 6.07) is 14.4. The number of anilines is 2. The van der Waals surface area contributed by atoms with Gasteiger partial charge in [0.25, 0.3) is 5.91 Å². The zero-order chi connectivity index (χ0) is 20.8. The first-order valence-corrected chi connectivity index (χ1v) is 10.0. The fourth-order valence-corrected chi connectivity index (χ4v) is 3.19. The molecule has 1 saturated heterocycles. The topological polar surface area (TPSA) is 78.5 Å². The molecule has 0 unspecified atom stereocenters. The average Bonchev–Trinajstić information content (AvgIpc) is 2.70. The zero-order valence-corrected chi connectivity index (χ0v) is 16.9. The molecule has 2 N–H and O–H groups in total. The SMILES string of the molecule is CC(C)C(=O)Nc1ccc(C(=O)Nc2cccc(CN3CCCCC3=O)c2)cc1. The second-order valence-corrected chi connectivity index (χ2v) is 7.65. The smallest absolute Gasteiger partial charge is 0.255 e. The van der Waals surface area contributed by atoms with Crippen molar-refractivity contribution in [2.75, 3.05) is 17.2 Å². The number of benzene rings is 2. The summed E-state index contributed by atoms with van der Waals surface area (Å²) in [6.07, 6.45) is 2.62. The standard InChI is InChI=1S/C23H27N3O3/c1-16(2)22(28)24-19-11-9-18(10-12-19)23(29)25-20-7-5-6-17(14-20)15-26-13-4-3-8-21(26)27/h5-7,9-12,14,16H,3-4,8,13,15H2,1-2H3,(H,24,28)(H,25,29). The van der Waals surface area contributed by atoms with Gasteiger partial charge in [0, 0.05) is 42.4 Å². The fraction of sp³-hybridized carbons (Fsp3) is 0.348. The number of carbonyl (C=O) groups is 3. The van der Waals surface area contributed by atoms with Crippen LogP contribution in [0.4, 0.5) is 11.4 Å². The van der Waals surface area contributed by atoms with E-state index in [2.05, 4.69) is 10.6 Å². The van der Waals surface area contributed by atoms with Crippen LogP contribution in [0.25, 0.3) is 0 Å². The van der Waals surface area contributed by atoms with Gasteiger partial charge < -0.3 is 15.5 Å². The van der Waals surface area contributed by atoms with Crippen molar-refractivity contribution in [3.8, 4) is 0 Å². The van der Waals surface area contributed by atoms with Crippen LogP contribution in [-0.4, -0.2) is 29.2 Å². The Morgan fingerprint density at radius 1 is 1.00 bits per heavy atom. The van der Waals surface area contributed by atoms with Crippen molar-refractivity contribution in [2.24, 2.45) is 5.92 Å². The highest BCUT2D eigenvalue weighted by Gasteiger charge is 2.18. The number of piperidine rings is 1. The summed E-state index contributed by atoms with van der Waals surface area (Å²) in [6.45, 7) is 5.00. The van der Waals surface area contributed by atoms with E-state index in [0.717, 1.165) is 24.9 Å². The molecule has 1 heterocycles. The Kier molecular flexibility index (Phi) is 6.65. The van der Waals surface area contributed by atoms with Gasteiger partial charge in [-0.15, -0.1) is 0 Å². The third-order valence-electron chi connectivity index (χ3n) is 4.92. The van der Waals surface area contributed by atoms with Gasteiger partial charge in [-0.05, 0) is 54.8 Å². The van der Waals surface area contributed by atoms with Crippen LogP contribution in [0, 0.1) is 5.92 Å². The summed E-state index contributed by atoms with van der Waals surface area (Å²) >= 11 is 0. The Labute approximate surface area is 171 Å². The van der Waals surface area contributed by atoms with Crippen LogP contribution in [0.5, 0.6) is 0 Å². The molecule has 6 heteroatoms. The van der Waals surface area contributed by atoms with E-state index in [9.17, 15) is 14.4 Å². The monoisotopic (exact) mass is 393 g/mol. The van der Waals surface area contributed by atoms with Crippen LogP contribution in [0.15, 0.2) is 48.5 Å². The Hall–Kier alpha value is -3.15. The Morgan fingerprint density at radius 3 is 2.45 bits per heavy atom. The van der Waals surface area contributed by atoms with Gasteiger partial charge in [-0.2, -0.15) is 0 Å². The molecule has 0 atom stereocenters. The van der Waals surface area contributed by atoms with E-state index in [1.54, 1.807) is 24.3 Å². The average molecular weight is 393 g/mol. The van der Waals surface area contributed by atoms with Crippen LogP contribution >= 0.6 is 0 Å². The van der Waals surface area contributed by atoms with Crippen LogP contribution in [0.1, 0.15) is 49.0 Å². The normalized spacial score (nSPS) is 14.0. The van der Waals surface area contributed by atoms with E-state index < -0.39 is 0 Å². The van der Waals surface area contributed by atoms with E-state index in [4.69, 9.17) is 0 Å². The molecule has 152 valence electrons. The highest BCUT2D eigenvalue weighted by molar-refractivity contribution is 6.04. The van der Waals surface area contributed by atoms with E-state index >= 15 is 0 Å². The second kappa shape index (κ2) is 9.37. The highest BCUT2D eigenvalue weighted by atomic mass is 16.2. The number of hydrogen-bond acceptors (Lipinski definition) is 3. The number of rotatable bonds is 6. The van der Waals surface area contributed by atoms with Crippen molar-refractivity contribution in [3.63, 3.8) is 0 Å². The highest BCUT2D eigenvalue weighted by Crippen LogP contribution is 2.18. The lowest BCUT2D eigenvalue weighted by Gasteiger charge is -2.26. The molecule has 0 aromatic heterocycles. The lowest BCUT2D eigenvalue weighted by atomic mass is 10.1. The summed E-state index contributed by atoms with van der Waals surface area (Å²) in [7, 11) is 0. The number of hydrogen-bond donors (Lipinski definition) is 2. The predicted molar refractivity (Wildman–Crippen MR) is 114 cm³/mol. The molecule has 0 spiro atoms. The molecule has 29 heavy (non-hydrogen) atoms. The van der Waals surface area contributed by atoms with Crippen LogP contribution in [0.3, 0.4) is 0 Å². The van der Waals surface area contributed by atoms with E-state index in [-0.39, 0.29) is 23.6 Å². The van der Waals surface area contributed by atoms with Crippen molar-refractivity contribution >= 4 is 29.1 Å². The molecule has 0 aliphatic carbocycles. The quantitative estimate of drug-likeness (QED) is 0.777. The third kappa shape index (κ3) is 5.67. The van der Waals surface area contributed by atoms with Gasteiger partial charge in [0.2, 0.25) is 11.8 Å². The van der Waals surface area contributed by atoms with Crippen LogP contribution in [0.2, 0.25) is 0 Å². The lowest BCUT2D eigenvalue weighted by Crippen LogP contribution is -2.34. The van der Waals surface area contributed by atoms with Gasteiger partial charge in [0.05, 0.1) is 0 Å². The Balaban J connectivity index is 1.61. The first-order chi connectivity index (χ1) is 13.9. The maximum absolute atomic E-state index is 12.5. The fourth-order valence-electron chi connectivity index (χ4n) is 3.19. The predicted octanol–water partition coefficient (Wildman–Crippen LogP) is 4.05. The molecule has 0 bridgehead atoms. The molecule has 6 nitrogen and oxygen atoms in total. The summed E-state index contributed by atoms with van der Waals surface area (Å²) in [5.74, 6) is -0.204. The van der Waals surface area contributed by atoms with Gasteiger partial charge in [0.15, 0.2) is 0 Å². The molecule has 0 saturated carbocycles. The van der Waals surface area contributed by atoms with E-state index in [0.29, 0.717) is 29.9 Å². The molecular formula is C23H27N3O3. The van der Waals surface area contributed by atoms with Crippen molar-refractivity contribution in [1.82, 2.24) is 4.90 Å². The number of carbonyl (C=O) groups excluding carboxylic acids is 3. The van der Waals surface area contributed by atoms with Gasteiger partial charge >= 0.3 is 0 Å². The van der Waals surface area contributed by atoms with Crippen LogP contribution in [-0.2, 0) is 16.1 Å². The number of nitrogens with zero attached hydrogens (tertiary/aromatic N) is 1. The minimum absolute atomic E-state index is 0.0637. The Bertz CT molecular complexity index is 890. The first-order valence-electron chi connectivity index (χ1n) is 10.0. The summed E-state index contributed by atoms with van der Waals surface area (Å²) in [5.41, 5.74) is 2.84. The zero-order valence-electron chi connectivity index (χ0n) is 16.9. The van der Waals surface area contributed by atoms with Gasteiger partial charge in [0.1, 0.15) is 0 Å². The molecule has 2 aromatic rings. The maximum atomic E-state index is 12.5. The van der Waals surface area contributed by atoms with Crippen LogP contribution < -0.4 is 10.6 Å². The third-order valence-corrected chi connectivity index (χ3v) is 4.92. The number of likely N-dealkylation sites (tertiary alicyclic amines) is 1. The van der Waals surface area contributed by atoms with Crippen molar-refractivity contribution < 1.29 is 14.4 Å². The first kappa shape index (κ1) is 20.6. The van der Waals surface area contributed by atoms with Gasteiger partial charge in [-0.25, -0.2) is 0 Å². The number of amides is 3.